The zero-order valence-corrected chi connectivity index (χ0v) is 15.6. The molecule has 0 radical (unpaired) electrons. The lowest BCUT2D eigenvalue weighted by Gasteiger charge is -2.39. The van der Waals surface area contributed by atoms with Gasteiger partial charge in [-0.05, 0) is 42.5 Å². The van der Waals surface area contributed by atoms with Crippen LogP contribution in [0.25, 0.3) is 0 Å². The molecule has 27 heavy (non-hydrogen) atoms. The van der Waals surface area contributed by atoms with E-state index in [0.717, 1.165) is 16.9 Å². The Morgan fingerprint density at radius 2 is 1.67 bits per heavy atom. The van der Waals surface area contributed by atoms with Crippen LogP contribution in [0.2, 0.25) is 0 Å². The molecular formula is C22H25NO4. The number of benzene rings is 2. The Morgan fingerprint density at radius 1 is 1.04 bits per heavy atom. The van der Waals surface area contributed by atoms with Gasteiger partial charge in [0, 0.05) is 19.5 Å². The summed E-state index contributed by atoms with van der Waals surface area (Å²) in [4.78, 5) is 26.4. The van der Waals surface area contributed by atoms with Crippen molar-refractivity contribution in [3.05, 3.63) is 65.7 Å². The third-order valence-electron chi connectivity index (χ3n) is 5.49. The van der Waals surface area contributed by atoms with Gasteiger partial charge in [0.05, 0.1) is 12.5 Å². The van der Waals surface area contributed by atoms with E-state index in [1.807, 2.05) is 54.6 Å². The van der Waals surface area contributed by atoms with Crippen molar-refractivity contribution in [2.24, 2.45) is 0 Å². The van der Waals surface area contributed by atoms with E-state index in [4.69, 9.17) is 4.74 Å². The van der Waals surface area contributed by atoms with Gasteiger partial charge in [-0.3, -0.25) is 9.59 Å². The highest BCUT2D eigenvalue weighted by molar-refractivity contribution is 5.82. The SMILES string of the molecule is COc1ccc(CCC(=O)N2CCC(C(=O)O)(c3ccccc3)CC2)cc1. The monoisotopic (exact) mass is 367 g/mol. The molecule has 0 aromatic heterocycles. The Kier molecular flexibility index (Phi) is 5.79. The minimum Gasteiger partial charge on any atom is -0.497 e. The molecule has 1 aliphatic rings. The van der Waals surface area contributed by atoms with E-state index < -0.39 is 11.4 Å². The maximum absolute atomic E-state index is 12.6. The van der Waals surface area contributed by atoms with Crippen LogP contribution in [0.15, 0.2) is 54.6 Å². The number of hydrogen-bond donors (Lipinski definition) is 1. The van der Waals surface area contributed by atoms with Crippen molar-refractivity contribution in [2.45, 2.75) is 31.1 Å². The number of nitrogens with zero attached hydrogens (tertiary/aromatic N) is 1. The number of carbonyl (C=O) groups is 2. The molecule has 0 atom stereocenters. The van der Waals surface area contributed by atoms with Gasteiger partial charge < -0.3 is 14.7 Å². The standard InChI is InChI=1S/C22H25NO4/c1-27-19-10-7-17(8-11-19)9-12-20(24)23-15-13-22(14-16-23,21(25)26)18-5-3-2-4-6-18/h2-8,10-11H,9,12-16H2,1H3,(H,25,26). The summed E-state index contributed by atoms with van der Waals surface area (Å²) in [5.41, 5.74) is 1.02. The van der Waals surface area contributed by atoms with Gasteiger partial charge in [-0.15, -0.1) is 0 Å². The van der Waals surface area contributed by atoms with Gasteiger partial charge in [-0.25, -0.2) is 0 Å². The van der Waals surface area contributed by atoms with E-state index in [2.05, 4.69) is 0 Å². The molecule has 5 nitrogen and oxygen atoms in total. The summed E-state index contributed by atoms with van der Waals surface area (Å²) in [6, 6.07) is 17.1. The Hall–Kier alpha value is -2.82. The number of methoxy groups -OCH3 is 1. The Labute approximate surface area is 159 Å². The quantitative estimate of drug-likeness (QED) is 0.851. The molecule has 3 rings (SSSR count). The lowest BCUT2D eigenvalue weighted by Crippen LogP contribution is -2.49. The molecule has 1 aliphatic heterocycles. The number of piperidine rings is 1. The normalized spacial score (nSPS) is 16.0. The molecule has 0 unspecified atom stereocenters. The van der Waals surface area contributed by atoms with Crippen LogP contribution in [0.1, 0.15) is 30.4 Å². The van der Waals surface area contributed by atoms with Crippen molar-refractivity contribution in [3.63, 3.8) is 0 Å². The number of carboxylic acid groups (broad SMARTS) is 1. The van der Waals surface area contributed by atoms with Crippen LogP contribution in [0.5, 0.6) is 5.75 Å². The van der Waals surface area contributed by atoms with Gasteiger partial charge in [-0.2, -0.15) is 0 Å². The van der Waals surface area contributed by atoms with Crippen molar-refractivity contribution in [2.75, 3.05) is 20.2 Å². The number of amides is 1. The Balaban J connectivity index is 1.59. The predicted octanol–water partition coefficient (Wildman–Crippen LogP) is 3.27. The molecule has 0 spiro atoms. The summed E-state index contributed by atoms with van der Waals surface area (Å²) in [5, 5.41) is 9.85. The van der Waals surface area contributed by atoms with Gasteiger partial charge in [0.2, 0.25) is 5.91 Å². The van der Waals surface area contributed by atoms with Gasteiger partial charge in [0.15, 0.2) is 0 Å². The van der Waals surface area contributed by atoms with Gasteiger partial charge in [-0.1, -0.05) is 42.5 Å². The summed E-state index contributed by atoms with van der Waals surface area (Å²) in [7, 11) is 1.63. The van der Waals surface area contributed by atoms with Crippen LogP contribution in [-0.4, -0.2) is 42.1 Å². The average Bonchev–Trinajstić information content (AvgIpc) is 2.73. The van der Waals surface area contributed by atoms with Crippen molar-refractivity contribution in [3.8, 4) is 5.75 Å². The van der Waals surface area contributed by atoms with E-state index in [1.54, 1.807) is 12.0 Å². The second-order valence-electron chi connectivity index (χ2n) is 6.98. The summed E-state index contributed by atoms with van der Waals surface area (Å²) in [6.45, 7) is 0.950. The maximum Gasteiger partial charge on any atom is 0.314 e. The van der Waals surface area contributed by atoms with Crippen molar-refractivity contribution < 1.29 is 19.4 Å². The number of rotatable bonds is 6. The van der Waals surface area contributed by atoms with Crippen molar-refractivity contribution in [1.29, 1.82) is 0 Å². The highest BCUT2D eigenvalue weighted by atomic mass is 16.5. The van der Waals surface area contributed by atoms with Crippen LogP contribution < -0.4 is 4.74 Å². The second-order valence-corrected chi connectivity index (χ2v) is 6.98. The van der Waals surface area contributed by atoms with E-state index in [1.165, 1.54) is 0 Å². The molecule has 1 saturated heterocycles. The first-order chi connectivity index (χ1) is 13.0. The third-order valence-corrected chi connectivity index (χ3v) is 5.49. The molecule has 0 aliphatic carbocycles. The number of aliphatic carboxylic acids is 1. The second kappa shape index (κ2) is 8.25. The molecule has 2 aromatic carbocycles. The summed E-state index contributed by atoms with van der Waals surface area (Å²) < 4.78 is 5.14. The van der Waals surface area contributed by atoms with E-state index >= 15 is 0 Å². The first-order valence-corrected chi connectivity index (χ1v) is 9.25. The molecule has 1 amide bonds. The highest BCUT2D eigenvalue weighted by Gasteiger charge is 2.43. The zero-order valence-electron chi connectivity index (χ0n) is 15.6. The summed E-state index contributed by atoms with van der Waals surface area (Å²) in [6.07, 6.45) is 1.99. The van der Waals surface area contributed by atoms with E-state index in [9.17, 15) is 14.7 Å². The fraction of sp³-hybridized carbons (Fsp3) is 0.364. The fourth-order valence-corrected chi connectivity index (χ4v) is 3.72. The minimum absolute atomic E-state index is 0.0814. The van der Waals surface area contributed by atoms with Crippen LogP contribution in [0, 0.1) is 0 Å². The molecule has 1 fully saturated rings. The van der Waals surface area contributed by atoms with Crippen molar-refractivity contribution >= 4 is 11.9 Å². The molecule has 0 saturated carbocycles. The first-order valence-electron chi connectivity index (χ1n) is 9.25. The number of likely N-dealkylation sites (tertiary alicyclic amines) is 1. The predicted molar refractivity (Wildman–Crippen MR) is 103 cm³/mol. The summed E-state index contributed by atoms with van der Waals surface area (Å²) >= 11 is 0. The number of carbonyl (C=O) groups excluding carboxylic acids is 1. The van der Waals surface area contributed by atoms with Crippen LogP contribution >= 0.6 is 0 Å². The topological polar surface area (TPSA) is 66.8 Å². The smallest absolute Gasteiger partial charge is 0.314 e. The maximum atomic E-state index is 12.6. The highest BCUT2D eigenvalue weighted by Crippen LogP contribution is 2.36. The number of carboxylic acids is 1. The van der Waals surface area contributed by atoms with E-state index in [-0.39, 0.29) is 5.91 Å². The molecule has 0 bridgehead atoms. The Bertz CT molecular complexity index is 778. The fourth-order valence-electron chi connectivity index (χ4n) is 3.72. The van der Waals surface area contributed by atoms with Gasteiger partial charge in [0.25, 0.3) is 0 Å². The van der Waals surface area contributed by atoms with Crippen molar-refractivity contribution in [1.82, 2.24) is 4.90 Å². The minimum atomic E-state index is -0.895. The molecule has 5 heteroatoms. The van der Waals surface area contributed by atoms with Crippen LogP contribution in [-0.2, 0) is 21.4 Å². The third kappa shape index (κ3) is 4.13. The van der Waals surface area contributed by atoms with Crippen LogP contribution in [0.3, 0.4) is 0 Å². The largest absolute Gasteiger partial charge is 0.497 e. The first kappa shape index (κ1) is 19.0. The van der Waals surface area contributed by atoms with Crippen LogP contribution in [0.4, 0.5) is 0 Å². The lowest BCUT2D eigenvalue weighted by molar-refractivity contribution is -0.148. The lowest BCUT2D eigenvalue weighted by atomic mass is 9.73. The molecule has 1 N–H and O–H groups in total. The Morgan fingerprint density at radius 3 is 2.22 bits per heavy atom. The number of ether oxygens (including phenoxy) is 1. The van der Waals surface area contributed by atoms with E-state index in [0.29, 0.717) is 38.8 Å². The number of aryl methyl sites for hydroxylation is 1. The summed E-state index contributed by atoms with van der Waals surface area (Å²) in [5.74, 6) is 0.0731. The molecular weight excluding hydrogens is 342 g/mol. The zero-order chi connectivity index (χ0) is 19.3. The molecule has 2 aromatic rings. The molecule has 1 heterocycles. The van der Waals surface area contributed by atoms with Gasteiger partial charge >= 0.3 is 5.97 Å². The number of hydrogen-bond acceptors (Lipinski definition) is 3. The van der Waals surface area contributed by atoms with Gasteiger partial charge in [0.1, 0.15) is 5.75 Å². The molecule has 142 valence electrons. The average molecular weight is 367 g/mol.